The largest absolute Gasteiger partial charge is 0.322 e. The summed E-state index contributed by atoms with van der Waals surface area (Å²) in [6.07, 6.45) is 5.70. The summed E-state index contributed by atoms with van der Waals surface area (Å²) < 4.78 is 2.19. The second-order valence-corrected chi connectivity index (χ2v) is 3.47. The molecule has 2 heteroatoms. The van der Waals surface area contributed by atoms with Crippen molar-refractivity contribution >= 4 is 22.9 Å². The van der Waals surface area contributed by atoms with Gasteiger partial charge < -0.3 is 3.11 Å². The Kier molecular flexibility index (Phi) is 2.16. The van der Waals surface area contributed by atoms with Crippen LogP contribution in [0.15, 0.2) is 12.3 Å². The third kappa shape index (κ3) is 1.65. The molecule has 0 fully saturated rings. The van der Waals surface area contributed by atoms with Crippen LogP contribution in [0.25, 0.3) is 0 Å². The first-order valence-electron chi connectivity index (χ1n) is 2.90. The van der Waals surface area contributed by atoms with Gasteiger partial charge in [-0.05, 0) is 12.3 Å². The highest BCUT2D eigenvalue weighted by Crippen LogP contribution is 2.14. The molecule has 1 aliphatic heterocycles. The van der Waals surface area contributed by atoms with Gasteiger partial charge in [-0.15, -0.1) is 0 Å². The summed E-state index contributed by atoms with van der Waals surface area (Å²) in [5, 5.41) is 0. The van der Waals surface area contributed by atoms with E-state index in [4.69, 9.17) is 0 Å². The van der Waals surface area contributed by atoms with Gasteiger partial charge in [0.25, 0.3) is 0 Å². The first-order chi connectivity index (χ1) is 3.79. The topological polar surface area (TPSA) is 3.24 Å². The van der Waals surface area contributed by atoms with Gasteiger partial charge in [0.15, 0.2) is 0 Å². The van der Waals surface area contributed by atoms with E-state index in [9.17, 15) is 0 Å². The fourth-order valence-corrected chi connectivity index (χ4v) is 1.20. The number of allylic oxidation sites excluding steroid dienone is 1. The number of hydrogen-bond acceptors (Lipinski definition) is 1. The minimum atomic E-state index is 0.793. The lowest BCUT2D eigenvalue weighted by molar-refractivity contribution is 0.512. The Hall–Kier alpha value is 0.270. The van der Waals surface area contributed by atoms with E-state index < -0.39 is 0 Å². The Morgan fingerprint density at radius 3 is 2.88 bits per heavy atom. The molecule has 0 aromatic heterocycles. The van der Waals surface area contributed by atoms with Crippen molar-refractivity contribution in [3.63, 3.8) is 0 Å². The number of rotatable bonds is 0. The van der Waals surface area contributed by atoms with Gasteiger partial charge in [-0.2, -0.15) is 0 Å². The summed E-state index contributed by atoms with van der Waals surface area (Å²) in [5.74, 6) is 0.793. The Morgan fingerprint density at radius 1 is 1.75 bits per heavy atom. The van der Waals surface area contributed by atoms with Crippen molar-refractivity contribution in [3.05, 3.63) is 12.3 Å². The van der Waals surface area contributed by atoms with Crippen molar-refractivity contribution in [2.45, 2.75) is 13.3 Å². The van der Waals surface area contributed by atoms with E-state index in [-0.39, 0.29) is 0 Å². The van der Waals surface area contributed by atoms with Crippen LogP contribution in [0.1, 0.15) is 13.3 Å². The summed E-state index contributed by atoms with van der Waals surface area (Å²) in [7, 11) is 0. The Balaban J connectivity index is 2.42. The molecule has 0 amide bonds. The molecule has 0 saturated carbocycles. The molecule has 0 spiro atoms. The molecule has 0 aromatic rings. The Labute approximate surface area is 64.2 Å². The van der Waals surface area contributed by atoms with Gasteiger partial charge in [0, 0.05) is 12.7 Å². The molecular weight excluding hydrogens is 213 g/mol. The average Bonchev–Trinajstić information content (AvgIpc) is 1.77. The standard InChI is InChI=1S/C6H10IN/c1-6-2-4-8(7)5-3-6/h2,4,6H,3,5H2,1H3. The molecule has 0 saturated heterocycles. The van der Waals surface area contributed by atoms with E-state index in [2.05, 4.69) is 45.2 Å². The summed E-state index contributed by atoms with van der Waals surface area (Å²) >= 11 is 2.31. The van der Waals surface area contributed by atoms with E-state index in [0.717, 1.165) is 5.92 Å². The zero-order chi connectivity index (χ0) is 5.98. The molecule has 1 nitrogen and oxygen atoms in total. The molecule has 0 bridgehead atoms. The predicted molar refractivity (Wildman–Crippen MR) is 43.6 cm³/mol. The van der Waals surface area contributed by atoms with Crippen LogP contribution < -0.4 is 0 Å². The average molecular weight is 223 g/mol. The third-order valence-corrected chi connectivity index (χ3v) is 2.18. The Bertz CT molecular complexity index is 88.7. The third-order valence-electron chi connectivity index (χ3n) is 1.37. The molecular formula is C6H10IN. The van der Waals surface area contributed by atoms with E-state index in [1.165, 1.54) is 13.0 Å². The van der Waals surface area contributed by atoms with Gasteiger partial charge in [-0.3, -0.25) is 0 Å². The molecule has 46 valence electrons. The molecule has 1 unspecified atom stereocenters. The predicted octanol–water partition coefficient (Wildman–Crippen LogP) is 2.19. The maximum absolute atomic E-state index is 2.31. The van der Waals surface area contributed by atoms with Gasteiger partial charge in [0.2, 0.25) is 0 Å². The van der Waals surface area contributed by atoms with Crippen molar-refractivity contribution in [3.8, 4) is 0 Å². The minimum Gasteiger partial charge on any atom is -0.322 e. The molecule has 0 aromatic carbocycles. The first kappa shape index (κ1) is 6.39. The fraction of sp³-hybridized carbons (Fsp3) is 0.667. The summed E-state index contributed by atoms with van der Waals surface area (Å²) in [6.45, 7) is 3.46. The molecule has 1 rings (SSSR count). The second kappa shape index (κ2) is 2.71. The van der Waals surface area contributed by atoms with Crippen LogP contribution in [-0.4, -0.2) is 9.66 Å². The molecule has 0 N–H and O–H groups in total. The van der Waals surface area contributed by atoms with Crippen molar-refractivity contribution in [2.24, 2.45) is 5.92 Å². The summed E-state index contributed by atoms with van der Waals surface area (Å²) in [5.41, 5.74) is 0. The monoisotopic (exact) mass is 223 g/mol. The van der Waals surface area contributed by atoms with Crippen LogP contribution in [0.3, 0.4) is 0 Å². The van der Waals surface area contributed by atoms with Crippen LogP contribution in [-0.2, 0) is 0 Å². The lowest BCUT2D eigenvalue weighted by Gasteiger charge is -2.18. The van der Waals surface area contributed by atoms with Gasteiger partial charge in [0.05, 0.1) is 22.9 Å². The quantitative estimate of drug-likeness (QED) is 0.449. The van der Waals surface area contributed by atoms with Crippen LogP contribution in [0.2, 0.25) is 0 Å². The normalized spacial score (nSPS) is 28.8. The fourth-order valence-electron chi connectivity index (χ4n) is 0.738. The zero-order valence-electron chi connectivity index (χ0n) is 4.97. The SMILES string of the molecule is CC1C=CN(I)CC1. The molecule has 1 heterocycles. The van der Waals surface area contributed by atoms with Crippen LogP contribution in [0, 0.1) is 5.92 Å². The summed E-state index contributed by atoms with van der Waals surface area (Å²) in [6, 6.07) is 0. The van der Waals surface area contributed by atoms with Gasteiger partial charge >= 0.3 is 0 Å². The molecule has 0 aliphatic carbocycles. The van der Waals surface area contributed by atoms with Crippen LogP contribution in [0.5, 0.6) is 0 Å². The number of halogens is 1. The highest BCUT2D eigenvalue weighted by Gasteiger charge is 2.04. The van der Waals surface area contributed by atoms with Crippen LogP contribution in [0.4, 0.5) is 0 Å². The van der Waals surface area contributed by atoms with E-state index >= 15 is 0 Å². The number of nitrogens with zero attached hydrogens (tertiary/aromatic N) is 1. The Morgan fingerprint density at radius 2 is 2.50 bits per heavy atom. The van der Waals surface area contributed by atoms with Gasteiger partial charge in [-0.25, -0.2) is 0 Å². The van der Waals surface area contributed by atoms with Gasteiger partial charge in [-0.1, -0.05) is 13.0 Å². The minimum absolute atomic E-state index is 0.793. The maximum Gasteiger partial charge on any atom is 0.0585 e. The first-order valence-corrected chi connectivity index (χ1v) is 3.86. The maximum atomic E-state index is 2.31. The highest BCUT2D eigenvalue weighted by molar-refractivity contribution is 14.1. The van der Waals surface area contributed by atoms with E-state index in [0.29, 0.717) is 0 Å². The molecule has 0 radical (unpaired) electrons. The molecule has 8 heavy (non-hydrogen) atoms. The number of hydrogen-bond donors (Lipinski definition) is 0. The van der Waals surface area contributed by atoms with Crippen molar-refractivity contribution < 1.29 is 0 Å². The zero-order valence-corrected chi connectivity index (χ0v) is 7.13. The van der Waals surface area contributed by atoms with Crippen molar-refractivity contribution in [1.82, 2.24) is 3.11 Å². The van der Waals surface area contributed by atoms with Crippen LogP contribution >= 0.6 is 22.9 Å². The smallest absolute Gasteiger partial charge is 0.0585 e. The van der Waals surface area contributed by atoms with E-state index in [1.54, 1.807) is 0 Å². The molecule has 1 aliphatic rings. The van der Waals surface area contributed by atoms with E-state index in [1.807, 2.05) is 0 Å². The van der Waals surface area contributed by atoms with Crippen molar-refractivity contribution in [1.29, 1.82) is 0 Å². The highest BCUT2D eigenvalue weighted by atomic mass is 127. The lowest BCUT2D eigenvalue weighted by Crippen LogP contribution is -2.13. The second-order valence-electron chi connectivity index (χ2n) is 2.23. The van der Waals surface area contributed by atoms with Gasteiger partial charge in [0.1, 0.15) is 0 Å². The lowest BCUT2D eigenvalue weighted by atomic mass is 10.1. The van der Waals surface area contributed by atoms with Crippen molar-refractivity contribution in [2.75, 3.05) is 6.54 Å². The summed E-state index contributed by atoms with van der Waals surface area (Å²) in [4.78, 5) is 0. The molecule has 1 atom stereocenters.